The molecule has 1 rings (SSSR count). The van der Waals surface area contributed by atoms with Gasteiger partial charge in [-0.3, -0.25) is 0 Å². The lowest BCUT2D eigenvalue weighted by atomic mass is 9.82. The third-order valence-corrected chi connectivity index (χ3v) is 6.93. The van der Waals surface area contributed by atoms with Gasteiger partial charge >= 0.3 is 0 Å². The van der Waals surface area contributed by atoms with Gasteiger partial charge < -0.3 is 5.32 Å². The Bertz CT molecular complexity index is 356. The van der Waals surface area contributed by atoms with Gasteiger partial charge in [-0.05, 0) is 39.2 Å². The van der Waals surface area contributed by atoms with Crippen LogP contribution in [0.4, 0.5) is 0 Å². The van der Waals surface area contributed by atoms with Crippen molar-refractivity contribution in [2.45, 2.75) is 76.5 Å². The standard InChI is InChI=1S/C15H31NO2S/c1-5-11-16-14(15(2,3)19(4,17)18)12-13-9-7-6-8-10-13/h13-14,16H,5-12H2,1-4H3. The highest BCUT2D eigenvalue weighted by atomic mass is 32.2. The van der Waals surface area contributed by atoms with Crippen molar-refractivity contribution in [3.63, 3.8) is 0 Å². The monoisotopic (exact) mass is 289 g/mol. The highest BCUT2D eigenvalue weighted by Crippen LogP contribution is 2.32. The van der Waals surface area contributed by atoms with Gasteiger partial charge in [0.25, 0.3) is 0 Å². The molecule has 1 N–H and O–H groups in total. The van der Waals surface area contributed by atoms with E-state index in [-0.39, 0.29) is 6.04 Å². The van der Waals surface area contributed by atoms with Gasteiger partial charge in [0, 0.05) is 12.3 Å². The van der Waals surface area contributed by atoms with Crippen molar-refractivity contribution in [2.75, 3.05) is 12.8 Å². The second-order valence-corrected chi connectivity index (χ2v) is 9.22. The smallest absolute Gasteiger partial charge is 0.154 e. The van der Waals surface area contributed by atoms with Gasteiger partial charge in [0.15, 0.2) is 9.84 Å². The summed E-state index contributed by atoms with van der Waals surface area (Å²) < 4.78 is 23.4. The van der Waals surface area contributed by atoms with E-state index >= 15 is 0 Å². The molecule has 0 aromatic carbocycles. The molecule has 1 fully saturated rings. The molecule has 0 saturated heterocycles. The summed E-state index contributed by atoms with van der Waals surface area (Å²) in [5, 5.41) is 3.48. The molecule has 19 heavy (non-hydrogen) atoms. The van der Waals surface area contributed by atoms with Gasteiger partial charge in [-0.15, -0.1) is 0 Å². The highest BCUT2D eigenvalue weighted by molar-refractivity contribution is 7.92. The molecule has 0 aromatic heterocycles. The van der Waals surface area contributed by atoms with E-state index in [1.54, 1.807) is 0 Å². The molecule has 1 aliphatic rings. The Hall–Kier alpha value is -0.0900. The number of hydrogen-bond donors (Lipinski definition) is 1. The third-order valence-electron chi connectivity index (χ3n) is 4.73. The van der Waals surface area contributed by atoms with E-state index < -0.39 is 14.6 Å². The molecule has 0 aliphatic heterocycles. The number of rotatable bonds is 7. The summed E-state index contributed by atoms with van der Waals surface area (Å²) in [5.74, 6) is 0.698. The Morgan fingerprint density at radius 3 is 2.26 bits per heavy atom. The molecule has 1 aliphatic carbocycles. The zero-order valence-electron chi connectivity index (χ0n) is 13.0. The van der Waals surface area contributed by atoms with Crippen LogP contribution in [0.3, 0.4) is 0 Å². The maximum atomic E-state index is 12.1. The first-order valence-electron chi connectivity index (χ1n) is 7.72. The molecule has 0 radical (unpaired) electrons. The van der Waals surface area contributed by atoms with E-state index in [0.29, 0.717) is 5.92 Å². The Morgan fingerprint density at radius 2 is 1.79 bits per heavy atom. The minimum Gasteiger partial charge on any atom is -0.312 e. The minimum absolute atomic E-state index is 0.0746. The van der Waals surface area contributed by atoms with Crippen molar-refractivity contribution in [3.8, 4) is 0 Å². The largest absolute Gasteiger partial charge is 0.312 e. The average Bonchev–Trinajstić information content (AvgIpc) is 2.34. The second-order valence-electron chi connectivity index (χ2n) is 6.62. The van der Waals surface area contributed by atoms with Crippen LogP contribution >= 0.6 is 0 Å². The summed E-state index contributed by atoms with van der Waals surface area (Å²) in [6.45, 7) is 6.77. The van der Waals surface area contributed by atoms with Crippen LogP contribution in [0.25, 0.3) is 0 Å². The van der Waals surface area contributed by atoms with Gasteiger partial charge in [0.1, 0.15) is 0 Å². The second kappa shape index (κ2) is 7.07. The molecule has 0 spiro atoms. The van der Waals surface area contributed by atoms with Gasteiger partial charge in [-0.1, -0.05) is 39.0 Å². The Morgan fingerprint density at radius 1 is 1.21 bits per heavy atom. The molecule has 0 heterocycles. The molecule has 0 aromatic rings. The van der Waals surface area contributed by atoms with Gasteiger partial charge in [-0.25, -0.2) is 8.42 Å². The fourth-order valence-electron chi connectivity index (χ4n) is 2.95. The Balaban J connectivity index is 2.75. The van der Waals surface area contributed by atoms with Crippen molar-refractivity contribution in [1.29, 1.82) is 0 Å². The maximum absolute atomic E-state index is 12.1. The average molecular weight is 289 g/mol. The fourth-order valence-corrected chi connectivity index (χ4v) is 3.64. The van der Waals surface area contributed by atoms with Crippen LogP contribution in [0.2, 0.25) is 0 Å². The van der Waals surface area contributed by atoms with Crippen LogP contribution in [-0.4, -0.2) is 32.0 Å². The topological polar surface area (TPSA) is 46.2 Å². The maximum Gasteiger partial charge on any atom is 0.154 e. The zero-order valence-corrected chi connectivity index (χ0v) is 13.9. The minimum atomic E-state index is -3.05. The highest BCUT2D eigenvalue weighted by Gasteiger charge is 2.39. The summed E-state index contributed by atoms with van der Waals surface area (Å²) in [5.41, 5.74) is 0. The van der Waals surface area contributed by atoms with Crippen molar-refractivity contribution >= 4 is 9.84 Å². The van der Waals surface area contributed by atoms with E-state index in [1.165, 1.54) is 38.4 Å². The van der Waals surface area contributed by atoms with Crippen molar-refractivity contribution in [3.05, 3.63) is 0 Å². The molecule has 3 nitrogen and oxygen atoms in total. The Kier molecular flexibility index (Phi) is 6.31. The third kappa shape index (κ3) is 4.75. The lowest BCUT2D eigenvalue weighted by Gasteiger charge is -2.36. The van der Waals surface area contributed by atoms with E-state index in [1.807, 2.05) is 13.8 Å². The van der Waals surface area contributed by atoms with Crippen LogP contribution in [0.5, 0.6) is 0 Å². The quantitative estimate of drug-likeness (QED) is 0.783. The lowest BCUT2D eigenvalue weighted by Crippen LogP contribution is -2.52. The molecular formula is C15H31NO2S. The normalized spacial score (nSPS) is 20.4. The molecule has 114 valence electrons. The van der Waals surface area contributed by atoms with Crippen LogP contribution < -0.4 is 5.32 Å². The molecular weight excluding hydrogens is 258 g/mol. The van der Waals surface area contributed by atoms with E-state index in [4.69, 9.17) is 0 Å². The predicted octanol–water partition coefficient (Wildman–Crippen LogP) is 3.15. The fraction of sp³-hybridized carbons (Fsp3) is 1.00. The van der Waals surface area contributed by atoms with E-state index in [2.05, 4.69) is 12.2 Å². The molecule has 1 saturated carbocycles. The van der Waals surface area contributed by atoms with Crippen molar-refractivity contribution in [1.82, 2.24) is 5.32 Å². The van der Waals surface area contributed by atoms with E-state index in [0.717, 1.165) is 19.4 Å². The zero-order chi connectivity index (χ0) is 14.5. The van der Waals surface area contributed by atoms with E-state index in [9.17, 15) is 8.42 Å². The van der Waals surface area contributed by atoms with Gasteiger partial charge in [-0.2, -0.15) is 0 Å². The van der Waals surface area contributed by atoms with Crippen molar-refractivity contribution in [2.24, 2.45) is 5.92 Å². The molecule has 1 unspecified atom stereocenters. The summed E-state index contributed by atoms with van der Waals surface area (Å²) in [4.78, 5) is 0. The van der Waals surface area contributed by atoms with Crippen LogP contribution in [0.1, 0.15) is 65.7 Å². The van der Waals surface area contributed by atoms with Gasteiger partial charge in [0.05, 0.1) is 4.75 Å². The number of nitrogens with one attached hydrogen (secondary N) is 1. The Labute approximate surface area is 119 Å². The summed E-state index contributed by atoms with van der Waals surface area (Å²) in [6, 6.07) is 0.0746. The van der Waals surface area contributed by atoms with Crippen LogP contribution in [0.15, 0.2) is 0 Å². The lowest BCUT2D eigenvalue weighted by molar-refractivity contribution is 0.272. The van der Waals surface area contributed by atoms with Crippen molar-refractivity contribution < 1.29 is 8.42 Å². The first-order chi connectivity index (χ1) is 8.79. The van der Waals surface area contributed by atoms with Crippen LogP contribution in [0, 0.1) is 5.92 Å². The summed E-state index contributed by atoms with van der Waals surface area (Å²) in [7, 11) is -3.05. The summed E-state index contributed by atoms with van der Waals surface area (Å²) in [6.07, 6.45) is 9.91. The molecule has 4 heteroatoms. The first kappa shape index (κ1) is 17.0. The molecule has 0 bridgehead atoms. The molecule has 0 amide bonds. The SMILES string of the molecule is CCCNC(CC1CCCCC1)C(C)(C)S(C)(=O)=O. The van der Waals surface area contributed by atoms with Crippen LogP contribution in [-0.2, 0) is 9.84 Å². The predicted molar refractivity (Wildman–Crippen MR) is 82.2 cm³/mol. The molecule has 1 atom stereocenters. The van der Waals surface area contributed by atoms with Gasteiger partial charge in [0.2, 0.25) is 0 Å². The summed E-state index contributed by atoms with van der Waals surface area (Å²) >= 11 is 0. The first-order valence-corrected chi connectivity index (χ1v) is 9.61. The number of sulfone groups is 1. The number of hydrogen-bond acceptors (Lipinski definition) is 3.